The number of nitrogens with zero attached hydrogens (tertiary/aromatic N) is 1. The van der Waals surface area contributed by atoms with E-state index in [0.29, 0.717) is 27.1 Å². The molecule has 0 saturated heterocycles. The highest BCUT2D eigenvalue weighted by Crippen LogP contribution is 2.50. The third-order valence-electron chi connectivity index (χ3n) is 7.72. The Morgan fingerprint density at radius 2 is 1.53 bits per heavy atom. The maximum atomic E-state index is 13.7. The van der Waals surface area contributed by atoms with Crippen molar-refractivity contribution in [3.8, 4) is 23.0 Å². The van der Waals surface area contributed by atoms with E-state index in [-0.39, 0.29) is 47.9 Å². The quantitative estimate of drug-likeness (QED) is 0.313. The zero-order chi connectivity index (χ0) is 34.1. The number of benzene rings is 2. The van der Waals surface area contributed by atoms with E-state index in [2.05, 4.69) is 15.9 Å². The number of methoxy groups -OCH3 is 1. The summed E-state index contributed by atoms with van der Waals surface area (Å²) in [5.74, 6) is -1.71. The van der Waals surface area contributed by atoms with Crippen LogP contribution in [0, 0.1) is 5.92 Å². The smallest absolute Gasteiger partial charge is 0.340 e. The number of aromatic hydroxyl groups is 1. The number of carbonyl (C=O) groups excluding carboxylic acids is 2. The summed E-state index contributed by atoms with van der Waals surface area (Å²) in [4.78, 5) is 29.2. The summed E-state index contributed by atoms with van der Waals surface area (Å²) in [6.45, 7) is -0.697. The van der Waals surface area contributed by atoms with Gasteiger partial charge >= 0.3 is 11.9 Å². The van der Waals surface area contributed by atoms with Gasteiger partial charge in [-0.2, -0.15) is 0 Å². The van der Waals surface area contributed by atoms with Gasteiger partial charge in [-0.15, -0.1) is 0 Å². The maximum Gasteiger partial charge on any atom is 0.340 e. The van der Waals surface area contributed by atoms with Gasteiger partial charge in [0.05, 0.1) is 35.8 Å². The van der Waals surface area contributed by atoms with Crippen LogP contribution in [0.1, 0.15) is 35.6 Å². The van der Waals surface area contributed by atoms with Crippen LogP contribution in [0.3, 0.4) is 0 Å². The Kier molecular flexibility index (Phi) is 10.1. The molecule has 0 aromatic heterocycles. The number of rotatable bonds is 12. The van der Waals surface area contributed by atoms with Crippen molar-refractivity contribution in [1.29, 1.82) is 0 Å². The summed E-state index contributed by atoms with van der Waals surface area (Å²) >= 11 is 3.61. The SMILES string of the molecule is COc1cc2c(cc1O)C=C(C(=O)OCCS(C)(=O)=O)C(C(=O)OCCS(C)(=O)=O)=CN(Cc1cc3c(cc1Br)OCO3)C2C1CC1. The van der Waals surface area contributed by atoms with Crippen molar-refractivity contribution in [2.75, 3.05) is 51.1 Å². The van der Waals surface area contributed by atoms with Crippen LogP contribution in [0.5, 0.6) is 23.0 Å². The first-order valence-corrected chi connectivity index (χ1v) is 19.4. The van der Waals surface area contributed by atoms with Crippen molar-refractivity contribution < 1.29 is 55.2 Å². The predicted octanol–water partition coefficient (Wildman–Crippen LogP) is 3.30. The fraction of sp³-hybridized carbons (Fsp3) is 0.419. The Morgan fingerprint density at radius 1 is 0.936 bits per heavy atom. The van der Waals surface area contributed by atoms with Crippen molar-refractivity contribution in [2.24, 2.45) is 5.92 Å². The van der Waals surface area contributed by atoms with Crippen LogP contribution in [-0.2, 0) is 45.3 Å². The number of phenolic OH excluding ortho intramolecular Hbond substituents is 1. The summed E-state index contributed by atoms with van der Waals surface area (Å²) in [6, 6.07) is 6.30. The summed E-state index contributed by atoms with van der Waals surface area (Å²) < 4.78 is 74.9. The second kappa shape index (κ2) is 13.8. The van der Waals surface area contributed by atoms with Gasteiger partial charge in [0.25, 0.3) is 0 Å². The van der Waals surface area contributed by atoms with E-state index < -0.39 is 56.3 Å². The Hall–Kier alpha value is -3.76. The zero-order valence-electron chi connectivity index (χ0n) is 25.9. The first-order valence-electron chi connectivity index (χ1n) is 14.5. The number of sulfone groups is 2. The lowest BCUT2D eigenvalue weighted by atomic mass is 9.90. The lowest BCUT2D eigenvalue weighted by Crippen LogP contribution is -2.30. The zero-order valence-corrected chi connectivity index (χ0v) is 29.1. The van der Waals surface area contributed by atoms with Gasteiger partial charge in [0.2, 0.25) is 6.79 Å². The van der Waals surface area contributed by atoms with Crippen molar-refractivity contribution in [2.45, 2.75) is 25.4 Å². The molecule has 0 radical (unpaired) electrons. The minimum Gasteiger partial charge on any atom is -0.504 e. The van der Waals surface area contributed by atoms with E-state index in [1.165, 1.54) is 25.5 Å². The van der Waals surface area contributed by atoms with Crippen LogP contribution >= 0.6 is 15.9 Å². The molecule has 254 valence electrons. The van der Waals surface area contributed by atoms with Crippen LogP contribution in [0.25, 0.3) is 6.08 Å². The van der Waals surface area contributed by atoms with E-state index >= 15 is 0 Å². The minimum absolute atomic E-state index is 0.0648. The fourth-order valence-electron chi connectivity index (χ4n) is 5.29. The number of halogens is 1. The molecule has 2 aromatic rings. The summed E-state index contributed by atoms with van der Waals surface area (Å²) in [7, 11) is -5.54. The van der Waals surface area contributed by atoms with E-state index in [1.54, 1.807) is 12.1 Å². The van der Waals surface area contributed by atoms with Gasteiger partial charge in [0, 0.05) is 29.7 Å². The summed E-state index contributed by atoms with van der Waals surface area (Å²) in [5.41, 5.74) is 1.32. The van der Waals surface area contributed by atoms with Gasteiger partial charge in [0.15, 0.2) is 42.7 Å². The van der Waals surface area contributed by atoms with Crippen molar-refractivity contribution in [1.82, 2.24) is 4.90 Å². The second-order valence-corrected chi connectivity index (χ2v) is 16.9. The van der Waals surface area contributed by atoms with Crippen LogP contribution in [0.15, 0.2) is 46.1 Å². The molecule has 1 aliphatic carbocycles. The Balaban J connectivity index is 1.67. The highest BCUT2D eigenvalue weighted by Gasteiger charge is 2.40. The number of phenols is 1. The molecule has 13 nitrogen and oxygen atoms in total. The molecule has 16 heteroatoms. The van der Waals surface area contributed by atoms with E-state index in [1.807, 2.05) is 11.0 Å². The van der Waals surface area contributed by atoms with Gasteiger partial charge < -0.3 is 33.7 Å². The second-order valence-electron chi connectivity index (χ2n) is 11.5. The molecule has 2 aromatic carbocycles. The van der Waals surface area contributed by atoms with Gasteiger partial charge in [-0.25, -0.2) is 26.4 Å². The van der Waals surface area contributed by atoms with Gasteiger partial charge in [-0.3, -0.25) is 0 Å². The lowest BCUT2D eigenvalue weighted by Gasteiger charge is -2.35. The summed E-state index contributed by atoms with van der Waals surface area (Å²) in [6.07, 6.45) is 6.58. The largest absolute Gasteiger partial charge is 0.504 e. The molecule has 2 heterocycles. The number of carbonyl (C=O) groups is 2. The molecule has 2 aliphatic heterocycles. The van der Waals surface area contributed by atoms with Gasteiger partial charge in [0.1, 0.15) is 13.2 Å². The number of fused-ring (bicyclic) bond motifs is 2. The first kappa shape index (κ1) is 34.6. The van der Waals surface area contributed by atoms with Crippen molar-refractivity contribution in [3.63, 3.8) is 0 Å². The maximum absolute atomic E-state index is 13.7. The van der Waals surface area contributed by atoms with Crippen molar-refractivity contribution in [3.05, 3.63) is 62.8 Å². The van der Waals surface area contributed by atoms with E-state index in [0.717, 1.165) is 30.9 Å². The normalized spacial score (nSPS) is 17.5. The molecule has 1 unspecified atom stereocenters. The molecular formula is C31H34BrNO12S2. The van der Waals surface area contributed by atoms with Gasteiger partial charge in [-0.05, 0) is 65.8 Å². The fourth-order valence-corrected chi connectivity index (χ4v) is 6.51. The first-order chi connectivity index (χ1) is 22.1. The predicted molar refractivity (Wildman–Crippen MR) is 173 cm³/mol. The molecule has 1 atom stereocenters. The lowest BCUT2D eigenvalue weighted by molar-refractivity contribution is -0.142. The number of hydrogen-bond donors (Lipinski definition) is 1. The minimum atomic E-state index is -3.48. The third-order valence-corrected chi connectivity index (χ3v) is 10.3. The van der Waals surface area contributed by atoms with Crippen LogP contribution in [0.2, 0.25) is 0 Å². The highest BCUT2D eigenvalue weighted by molar-refractivity contribution is 9.10. The van der Waals surface area contributed by atoms with Crippen molar-refractivity contribution >= 4 is 53.6 Å². The molecule has 0 spiro atoms. The molecule has 5 rings (SSSR count). The number of hydrogen-bond acceptors (Lipinski definition) is 13. The van der Waals surface area contributed by atoms with Crippen LogP contribution < -0.4 is 14.2 Å². The average Bonchev–Trinajstić information content (AvgIpc) is 3.70. The average molecular weight is 757 g/mol. The summed E-state index contributed by atoms with van der Waals surface area (Å²) in [5, 5.41) is 10.8. The molecule has 0 bridgehead atoms. The molecule has 1 N–H and O–H groups in total. The van der Waals surface area contributed by atoms with E-state index in [4.69, 9.17) is 23.7 Å². The topological polar surface area (TPSA) is 172 Å². The Labute approximate surface area is 281 Å². The Bertz CT molecular complexity index is 1870. The van der Waals surface area contributed by atoms with E-state index in [9.17, 15) is 31.5 Å². The Morgan fingerprint density at radius 3 is 2.11 bits per heavy atom. The number of ether oxygens (including phenoxy) is 5. The van der Waals surface area contributed by atoms with Gasteiger partial charge in [-0.1, -0.05) is 15.9 Å². The number of esters is 2. The van der Waals surface area contributed by atoms with Crippen LogP contribution in [-0.4, -0.2) is 89.9 Å². The molecule has 47 heavy (non-hydrogen) atoms. The molecular weight excluding hydrogens is 722 g/mol. The standard InChI is InChI=1S/C31H34BrNO12S2/c1-41-26-13-21-19(11-25(26)34)10-22(30(35)42-6-8-46(2,37)38)23(31(36)43-7-9-47(3,39)40)16-33(29(21)18-4-5-18)15-20-12-27-28(14-24(20)32)45-17-44-27/h10-14,16,18,29,34H,4-9,15,17H2,1-3H3. The molecule has 1 saturated carbocycles. The molecule has 0 amide bonds. The van der Waals surface area contributed by atoms with Crippen LogP contribution in [0.4, 0.5) is 0 Å². The highest BCUT2D eigenvalue weighted by atomic mass is 79.9. The third kappa shape index (κ3) is 8.59. The molecule has 3 aliphatic rings. The molecule has 1 fully saturated rings. The monoisotopic (exact) mass is 755 g/mol.